The summed E-state index contributed by atoms with van der Waals surface area (Å²) in [6, 6.07) is -1.90. The van der Waals surface area contributed by atoms with Crippen LogP contribution in [0.1, 0.15) is 56.1 Å². The number of aliphatic hydroxyl groups excluding tert-OH is 2. The molecule has 2 fully saturated rings. The molecular weight excluding hydrogens is 487 g/mol. The van der Waals surface area contributed by atoms with Crippen LogP contribution in [0, 0.1) is 12.7 Å². The van der Waals surface area contributed by atoms with Crippen molar-refractivity contribution in [1.82, 2.24) is 25.0 Å². The minimum absolute atomic E-state index is 0.0254. The lowest BCUT2D eigenvalue weighted by Gasteiger charge is -2.17. The Labute approximate surface area is 219 Å². The van der Waals surface area contributed by atoms with Gasteiger partial charge in [-0.15, -0.1) is 5.10 Å². The molecule has 6 atom stereocenters. The third-order valence-corrected chi connectivity index (χ3v) is 7.51. The van der Waals surface area contributed by atoms with E-state index in [4.69, 9.17) is 11.6 Å². The first-order valence-corrected chi connectivity index (χ1v) is 12.8. The van der Waals surface area contributed by atoms with E-state index >= 15 is 0 Å². The average Bonchev–Trinajstić information content (AvgIpc) is 3.43. The van der Waals surface area contributed by atoms with Gasteiger partial charge in [-0.25, -0.2) is 19.0 Å². The SMILES string of the molecule is [2H]c1c([2H])c([C@@H]2C[C@H]2Nc2nc(SCCC)nc3c2nnn3[C@@H]2C[C@H](OCC([2H])([2H])O)[C@@H](O)[C@H]2O)c([2H])c(F)c1C. The molecule has 0 radical (unpaired) electrons. The van der Waals surface area contributed by atoms with Crippen LogP contribution in [0.25, 0.3) is 11.2 Å². The summed E-state index contributed by atoms with van der Waals surface area (Å²) >= 11 is 1.40. The van der Waals surface area contributed by atoms with Crippen LogP contribution in [0.15, 0.2) is 23.3 Å². The van der Waals surface area contributed by atoms with Gasteiger partial charge in [0.2, 0.25) is 0 Å². The van der Waals surface area contributed by atoms with Crippen molar-refractivity contribution in [2.45, 2.75) is 74.6 Å². The number of ether oxygens (including phenoxy) is 1. The van der Waals surface area contributed by atoms with Crippen molar-refractivity contribution in [2.24, 2.45) is 0 Å². The summed E-state index contributed by atoms with van der Waals surface area (Å²) in [6.45, 7) is 0.108. The molecule has 4 N–H and O–H groups in total. The molecule has 0 amide bonds. The van der Waals surface area contributed by atoms with E-state index in [-0.39, 0.29) is 58.8 Å². The van der Waals surface area contributed by atoms with E-state index in [9.17, 15) is 19.7 Å². The monoisotopic (exact) mass is 523 g/mol. The van der Waals surface area contributed by atoms with Crippen LogP contribution >= 0.6 is 11.8 Å². The number of rotatable bonds is 10. The van der Waals surface area contributed by atoms with Gasteiger partial charge in [0.15, 0.2) is 22.1 Å². The van der Waals surface area contributed by atoms with Crippen LogP contribution in [0.4, 0.5) is 10.2 Å². The third-order valence-electron chi connectivity index (χ3n) is 6.46. The number of nitrogens with zero attached hydrogens (tertiary/aromatic N) is 5. The summed E-state index contributed by atoms with van der Waals surface area (Å²) in [5.41, 5.74) is 0.710. The molecule has 2 aromatic heterocycles. The van der Waals surface area contributed by atoms with Crippen LogP contribution in [-0.4, -0.2) is 83.6 Å². The number of thioether (sulfide) groups is 1. The van der Waals surface area contributed by atoms with Gasteiger partial charge in [0.05, 0.1) is 32.2 Å². The van der Waals surface area contributed by atoms with Crippen molar-refractivity contribution in [3.05, 3.63) is 35.1 Å². The molecular formula is C24H31FN6O4S. The second-order valence-electron chi connectivity index (χ2n) is 9.02. The molecule has 3 aromatic rings. The average molecular weight is 524 g/mol. The number of hydrogen-bond donors (Lipinski definition) is 4. The fourth-order valence-corrected chi connectivity index (χ4v) is 5.10. The maximum absolute atomic E-state index is 14.6. The Morgan fingerprint density at radius 1 is 1.31 bits per heavy atom. The first-order chi connectivity index (χ1) is 19.3. The normalized spacial score (nSPS) is 30.0. The molecule has 0 spiro atoms. The first kappa shape index (κ1) is 19.7. The van der Waals surface area contributed by atoms with E-state index in [1.807, 2.05) is 6.92 Å². The Bertz CT molecular complexity index is 1430. The Morgan fingerprint density at radius 3 is 2.92 bits per heavy atom. The molecule has 194 valence electrons. The highest BCUT2D eigenvalue weighted by Gasteiger charge is 2.45. The van der Waals surface area contributed by atoms with Crippen molar-refractivity contribution in [3.8, 4) is 0 Å². The fourth-order valence-electron chi connectivity index (χ4n) is 4.41. The lowest BCUT2D eigenvalue weighted by molar-refractivity contribution is -0.0629. The minimum atomic E-state index is -2.60. The van der Waals surface area contributed by atoms with Gasteiger partial charge in [0, 0.05) is 24.1 Å². The van der Waals surface area contributed by atoms with Crippen molar-refractivity contribution in [1.29, 1.82) is 0 Å². The third kappa shape index (κ3) is 4.92. The van der Waals surface area contributed by atoms with Crippen molar-refractivity contribution in [2.75, 3.05) is 24.2 Å². The summed E-state index contributed by atoms with van der Waals surface area (Å²) in [5, 5.41) is 42.7. The van der Waals surface area contributed by atoms with Crippen LogP contribution in [-0.2, 0) is 4.74 Å². The van der Waals surface area contributed by atoms with Crippen LogP contribution in [0.5, 0.6) is 0 Å². The van der Waals surface area contributed by atoms with E-state index in [0.717, 1.165) is 12.2 Å². The van der Waals surface area contributed by atoms with Gasteiger partial charge in [-0.2, -0.15) is 0 Å². The maximum Gasteiger partial charge on any atom is 0.191 e. The summed E-state index contributed by atoms with van der Waals surface area (Å²) in [4.78, 5) is 9.20. The zero-order valence-corrected chi connectivity index (χ0v) is 20.6. The Kier molecular flexibility index (Phi) is 5.77. The zero-order chi connectivity index (χ0) is 29.8. The molecule has 2 aliphatic rings. The summed E-state index contributed by atoms with van der Waals surface area (Å²) in [7, 11) is 0. The van der Waals surface area contributed by atoms with Gasteiger partial charge in [-0.1, -0.05) is 36.0 Å². The number of aliphatic hydroxyl groups is 3. The molecule has 10 nitrogen and oxygen atoms in total. The molecule has 12 heteroatoms. The minimum Gasteiger partial charge on any atom is -0.394 e. The lowest BCUT2D eigenvalue weighted by Crippen LogP contribution is -2.33. The van der Waals surface area contributed by atoms with E-state index in [0.29, 0.717) is 17.4 Å². The van der Waals surface area contributed by atoms with Gasteiger partial charge in [0.25, 0.3) is 0 Å². The summed E-state index contributed by atoms with van der Waals surface area (Å²) in [5.74, 6) is -0.120. The van der Waals surface area contributed by atoms with E-state index < -0.39 is 43.3 Å². The quantitative estimate of drug-likeness (QED) is 0.231. The van der Waals surface area contributed by atoms with Crippen molar-refractivity contribution < 1.29 is 31.3 Å². The van der Waals surface area contributed by atoms with Crippen LogP contribution in [0.3, 0.4) is 0 Å². The fraction of sp³-hybridized carbons (Fsp3) is 0.583. The Hall–Kier alpha value is -2.38. The standard InChI is InChI=1S/C24H31FN6O4S/c1-3-8-36-24-27-22(26-16-10-14(16)13-5-4-12(2)15(25)9-13)19-23(28-24)31(30-29-19)17-11-18(35-7-6-32)21(34)20(17)33/h4-5,9,14,16-18,20-21,32-34H,3,6-8,10-11H2,1-2H3,(H,26,27,28)/t14-,16+,17+,18-,20-,21+/m0/s1/i4D,5D,6D2,9D. The molecule has 0 bridgehead atoms. The van der Waals surface area contributed by atoms with Crippen molar-refractivity contribution >= 4 is 28.7 Å². The molecule has 1 aromatic carbocycles. The number of fused-ring (bicyclic) bond motifs is 1. The number of halogens is 1. The highest BCUT2D eigenvalue weighted by Crippen LogP contribution is 2.44. The highest BCUT2D eigenvalue weighted by atomic mass is 32.2. The van der Waals surface area contributed by atoms with Gasteiger partial charge in [-0.3, -0.25) is 0 Å². The van der Waals surface area contributed by atoms with Gasteiger partial charge in [-0.05, 0) is 36.9 Å². The Morgan fingerprint density at radius 2 is 2.14 bits per heavy atom. The molecule has 0 unspecified atom stereocenters. The van der Waals surface area contributed by atoms with E-state index in [1.165, 1.54) is 23.4 Å². The molecule has 2 heterocycles. The van der Waals surface area contributed by atoms with E-state index in [2.05, 4.69) is 25.6 Å². The second kappa shape index (κ2) is 10.5. The van der Waals surface area contributed by atoms with Crippen LogP contribution < -0.4 is 5.32 Å². The largest absolute Gasteiger partial charge is 0.394 e. The molecule has 2 saturated carbocycles. The topological polar surface area (TPSA) is 138 Å². The predicted octanol–water partition coefficient (Wildman–Crippen LogP) is 2.18. The Balaban J connectivity index is 1.44. The molecule has 36 heavy (non-hydrogen) atoms. The number of benzene rings is 1. The number of anilines is 1. The van der Waals surface area contributed by atoms with Gasteiger partial charge in [0.1, 0.15) is 18.0 Å². The van der Waals surface area contributed by atoms with E-state index in [1.54, 1.807) is 0 Å². The van der Waals surface area contributed by atoms with Crippen LogP contribution in [0.2, 0.25) is 0 Å². The molecule has 2 aliphatic carbocycles. The second-order valence-corrected chi connectivity index (χ2v) is 10.1. The number of aromatic nitrogens is 5. The van der Waals surface area contributed by atoms with Crippen molar-refractivity contribution in [3.63, 3.8) is 0 Å². The van der Waals surface area contributed by atoms with Gasteiger partial charge >= 0.3 is 0 Å². The number of hydrogen-bond acceptors (Lipinski definition) is 10. The smallest absolute Gasteiger partial charge is 0.191 e. The number of nitrogens with one attached hydrogen (secondary N) is 1. The zero-order valence-electron chi connectivity index (χ0n) is 24.8. The lowest BCUT2D eigenvalue weighted by atomic mass is 10.1. The molecule has 0 saturated heterocycles. The predicted molar refractivity (Wildman–Crippen MR) is 133 cm³/mol. The van der Waals surface area contributed by atoms with Gasteiger partial charge < -0.3 is 25.4 Å². The first-order valence-electron chi connectivity index (χ1n) is 14.3. The summed E-state index contributed by atoms with van der Waals surface area (Å²) in [6.07, 6.45) is -2.26. The highest BCUT2D eigenvalue weighted by molar-refractivity contribution is 7.99. The summed E-state index contributed by atoms with van der Waals surface area (Å²) < 4.78 is 60.4. The molecule has 0 aliphatic heterocycles. The maximum atomic E-state index is 14.6. The molecule has 5 rings (SSSR count).